The highest BCUT2D eigenvalue weighted by Crippen LogP contribution is 1.98. The highest BCUT2D eigenvalue weighted by Gasteiger charge is 1.91. The Morgan fingerprint density at radius 2 is 2.75 bits per heavy atom. The van der Waals surface area contributed by atoms with Crippen LogP contribution in [-0.4, -0.2) is 9.36 Å². The van der Waals surface area contributed by atoms with Crippen molar-refractivity contribution >= 4 is 11.5 Å². The van der Waals surface area contributed by atoms with E-state index in [-0.39, 0.29) is 0 Å². The van der Waals surface area contributed by atoms with Gasteiger partial charge in [-0.3, -0.25) is 0 Å². The smallest absolute Gasteiger partial charge is 0.146 e. The first-order valence-electron chi connectivity index (χ1n) is 2.53. The van der Waals surface area contributed by atoms with Gasteiger partial charge in [0.05, 0.1) is 0 Å². The van der Waals surface area contributed by atoms with Gasteiger partial charge in [-0.25, -0.2) is 4.98 Å². The van der Waals surface area contributed by atoms with E-state index < -0.39 is 0 Å². The van der Waals surface area contributed by atoms with Gasteiger partial charge >= 0.3 is 0 Å². The molecule has 3 heteroatoms. The monoisotopic (exact) mass is 127 g/mol. The number of hydrogen-bond donors (Lipinski definition) is 0. The summed E-state index contributed by atoms with van der Waals surface area (Å²) in [7, 11) is 0. The molecule has 1 aromatic rings. The lowest BCUT2D eigenvalue weighted by atomic mass is 10.3. The number of hydrogen-bond acceptors (Lipinski definition) is 3. The van der Waals surface area contributed by atoms with E-state index in [0.717, 1.165) is 12.2 Å². The van der Waals surface area contributed by atoms with Crippen LogP contribution in [0.3, 0.4) is 0 Å². The molecule has 1 rings (SSSR count). The van der Waals surface area contributed by atoms with E-state index >= 15 is 0 Å². The Bertz CT molecular complexity index is 136. The molecule has 0 atom stereocenters. The summed E-state index contributed by atoms with van der Waals surface area (Å²) in [5.41, 5.74) is 1.74. The van der Waals surface area contributed by atoms with Crippen molar-refractivity contribution in [3.8, 4) is 0 Å². The summed E-state index contributed by atoms with van der Waals surface area (Å²) < 4.78 is 3.98. The zero-order chi connectivity index (χ0) is 5.82. The van der Waals surface area contributed by atoms with Gasteiger partial charge in [0.25, 0.3) is 0 Å². The maximum absolute atomic E-state index is 3.98. The standard InChI is InChI=1S/C5H7N2S/c1-2-3-5-6-4-8-7-5/h3-4H,2H2,1H3. The maximum atomic E-state index is 3.98. The second-order valence-electron chi connectivity index (χ2n) is 1.40. The minimum absolute atomic E-state index is 0.859. The van der Waals surface area contributed by atoms with Crippen LogP contribution >= 0.6 is 11.5 Å². The fourth-order valence-corrected chi connectivity index (χ4v) is 0.883. The Morgan fingerprint density at radius 1 is 1.88 bits per heavy atom. The molecule has 2 nitrogen and oxygen atoms in total. The Balaban J connectivity index is 2.50. The van der Waals surface area contributed by atoms with Crippen molar-refractivity contribution < 1.29 is 0 Å². The van der Waals surface area contributed by atoms with Crippen LogP contribution in [0, 0.1) is 6.42 Å². The minimum Gasteiger partial charge on any atom is -0.228 e. The van der Waals surface area contributed by atoms with Crippen molar-refractivity contribution in [1.29, 1.82) is 0 Å². The Hall–Kier alpha value is -0.440. The van der Waals surface area contributed by atoms with Gasteiger partial charge in [-0.1, -0.05) is 6.92 Å². The molecule has 0 fully saturated rings. The molecule has 1 radical (unpaired) electrons. The largest absolute Gasteiger partial charge is 0.228 e. The molecular weight excluding hydrogens is 120 g/mol. The van der Waals surface area contributed by atoms with Crippen LogP contribution in [-0.2, 0) is 0 Å². The van der Waals surface area contributed by atoms with Crippen molar-refractivity contribution in [3.63, 3.8) is 0 Å². The maximum Gasteiger partial charge on any atom is 0.146 e. The van der Waals surface area contributed by atoms with Gasteiger partial charge in [-0.2, -0.15) is 4.37 Å². The molecule has 0 unspecified atom stereocenters. The molecule has 0 saturated heterocycles. The van der Waals surface area contributed by atoms with Crippen molar-refractivity contribution in [2.45, 2.75) is 13.3 Å². The van der Waals surface area contributed by atoms with E-state index in [9.17, 15) is 0 Å². The lowest BCUT2D eigenvalue weighted by Gasteiger charge is -1.82. The van der Waals surface area contributed by atoms with Crippen molar-refractivity contribution in [2.24, 2.45) is 0 Å². The predicted octanol–water partition coefficient (Wildman–Crippen LogP) is 1.50. The van der Waals surface area contributed by atoms with Crippen LogP contribution < -0.4 is 0 Å². The summed E-state index contributed by atoms with van der Waals surface area (Å²) >= 11 is 1.39. The summed E-state index contributed by atoms with van der Waals surface area (Å²) in [4.78, 5) is 3.96. The lowest BCUT2D eigenvalue weighted by Crippen LogP contribution is -1.79. The molecule has 0 amide bonds. The van der Waals surface area contributed by atoms with Gasteiger partial charge in [-0.15, -0.1) is 0 Å². The minimum atomic E-state index is 0.859. The topological polar surface area (TPSA) is 25.8 Å². The van der Waals surface area contributed by atoms with Crippen LogP contribution in [0.5, 0.6) is 0 Å². The fourth-order valence-electron chi connectivity index (χ4n) is 0.451. The highest BCUT2D eigenvalue weighted by atomic mass is 32.1. The molecule has 0 aliphatic heterocycles. The highest BCUT2D eigenvalue weighted by molar-refractivity contribution is 7.03. The molecule has 43 valence electrons. The third-order valence-electron chi connectivity index (χ3n) is 0.765. The van der Waals surface area contributed by atoms with Gasteiger partial charge in [0.1, 0.15) is 11.3 Å². The first-order valence-corrected chi connectivity index (χ1v) is 3.36. The van der Waals surface area contributed by atoms with Gasteiger partial charge in [0.2, 0.25) is 0 Å². The van der Waals surface area contributed by atoms with Gasteiger partial charge in [0.15, 0.2) is 0 Å². The average molecular weight is 127 g/mol. The molecule has 0 N–H and O–H groups in total. The van der Waals surface area contributed by atoms with Gasteiger partial charge in [0, 0.05) is 6.42 Å². The van der Waals surface area contributed by atoms with Gasteiger partial charge < -0.3 is 0 Å². The van der Waals surface area contributed by atoms with E-state index in [1.54, 1.807) is 5.51 Å². The molecule has 8 heavy (non-hydrogen) atoms. The number of aromatic nitrogens is 2. The van der Waals surface area contributed by atoms with Gasteiger partial charge in [-0.05, 0) is 18.0 Å². The number of rotatable bonds is 2. The molecule has 0 saturated carbocycles. The van der Waals surface area contributed by atoms with Crippen LogP contribution in [0.2, 0.25) is 0 Å². The van der Waals surface area contributed by atoms with Crippen molar-refractivity contribution in [1.82, 2.24) is 9.36 Å². The molecule has 1 heterocycles. The van der Waals surface area contributed by atoms with E-state index in [0.29, 0.717) is 0 Å². The van der Waals surface area contributed by atoms with Crippen molar-refractivity contribution in [2.75, 3.05) is 0 Å². The number of nitrogens with zero attached hydrogens (tertiary/aromatic N) is 2. The molecule has 0 aliphatic rings. The molecular formula is C5H7N2S. The molecule has 0 spiro atoms. The second kappa shape index (κ2) is 2.77. The third kappa shape index (κ3) is 1.26. The summed E-state index contributed by atoms with van der Waals surface area (Å²) in [5.74, 6) is 0.859. The SMILES string of the molecule is CC[CH]c1ncsn1. The summed E-state index contributed by atoms with van der Waals surface area (Å²) in [6, 6.07) is 0. The fraction of sp³-hybridized carbons (Fsp3) is 0.400. The summed E-state index contributed by atoms with van der Waals surface area (Å²) in [6.07, 6.45) is 3.01. The van der Waals surface area contributed by atoms with E-state index in [1.807, 2.05) is 6.42 Å². The van der Waals surface area contributed by atoms with Crippen LogP contribution in [0.15, 0.2) is 5.51 Å². The lowest BCUT2D eigenvalue weighted by molar-refractivity contribution is 1.04. The van der Waals surface area contributed by atoms with Crippen LogP contribution in [0.25, 0.3) is 0 Å². The van der Waals surface area contributed by atoms with E-state index in [2.05, 4.69) is 16.3 Å². The normalized spacial score (nSPS) is 9.62. The van der Waals surface area contributed by atoms with E-state index in [1.165, 1.54) is 11.5 Å². The van der Waals surface area contributed by atoms with E-state index in [4.69, 9.17) is 0 Å². The van der Waals surface area contributed by atoms with Crippen LogP contribution in [0.1, 0.15) is 19.2 Å². The quantitative estimate of drug-likeness (QED) is 0.601. The van der Waals surface area contributed by atoms with Crippen molar-refractivity contribution in [3.05, 3.63) is 17.8 Å². The first kappa shape index (κ1) is 5.69. The van der Waals surface area contributed by atoms with Crippen LogP contribution in [0.4, 0.5) is 0 Å². The molecule has 1 aromatic heterocycles. The second-order valence-corrected chi connectivity index (χ2v) is 2.01. The zero-order valence-electron chi connectivity index (χ0n) is 4.66. The summed E-state index contributed by atoms with van der Waals surface area (Å²) in [6.45, 7) is 2.07. The Kier molecular flexibility index (Phi) is 1.97. The molecule has 0 bridgehead atoms. The molecule has 0 aromatic carbocycles. The Morgan fingerprint density at radius 3 is 3.25 bits per heavy atom. The first-order chi connectivity index (χ1) is 3.93. The average Bonchev–Trinajstić information content (AvgIpc) is 2.19. The Labute approximate surface area is 52.7 Å². The predicted molar refractivity (Wildman–Crippen MR) is 33.6 cm³/mol. The summed E-state index contributed by atoms with van der Waals surface area (Å²) in [5, 5.41) is 0. The molecule has 0 aliphatic carbocycles. The third-order valence-corrected chi connectivity index (χ3v) is 1.26. The zero-order valence-corrected chi connectivity index (χ0v) is 5.48.